The average molecular weight is 222 g/mol. The molecule has 1 atom stereocenters. The van der Waals surface area contributed by atoms with E-state index in [1.807, 2.05) is 12.4 Å². The zero-order valence-corrected chi connectivity index (χ0v) is 10.5. The van der Waals surface area contributed by atoms with E-state index in [2.05, 4.69) is 41.2 Å². The zero-order valence-electron chi connectivity index (χ0n) is 10.5. The molecule has 1 aromatic rings. The largest absolute Gasteiger partial charge is 0.310 e. The third-order valence-corrected chi connectivity index (χ3v) is 2.49. The van der Waals surface area contributed by atoms with Gasteiger partial charge in [0.15, 0.2) is 0 Å². The van der Waals surface area contributed by atoms with E-state index in [0.29, 0.717) is 6.04 Å². The van der Waals surface area contributed by atoms with Crippen LogP contribution in [0.2, 0.25) is 0 Å². The van der Waals surface area contributed by atoms with Crippen LogP contribution < -0.4 is 5.32 Å². The summed E-state index contributed by atoms with van der Waals surface area (Å²) >= 11 is 0. The van der Waals surface area contributed by atoms with Gasteiger partial charge in [0.25, 0.3) is 0 Å². The van der Waals surface area contributed by atoms with Crippen LogP contribution in [0.25, 0.3) is 0 Å². The molecule has 16 heavy (non-hydrogen) atoms. The van der Waals surface area contributed by atoms with Gasteiger partial charge in [0.1, 0.15) is 6.33 Å². The standard InChI is InChI=1S/C12H22N4/c1-4-6-15-12(5-7-16(2)3)11-8-13-10-14-9-11/h8-10,12,15H,4-7H2,1-3H3. The van der Waals surface area contributed by atoms with Gasteiger partial charge in [-0.3, -0.25) is 0 Å². The Kier molecular flexibility index (Phi) is 5.96. The summed E-state index contributed by atoms with van der Waals surface area (Å²) in [6.45, 7) is 4.28. The maximum absolute atomic E-state index is 4.08. The van der Waals surface area contributed by atoms with E-state index in [1.54, 1.807) is 6.33 Å². The summed E-state index contributed by atoms with van der Waals surface area (Å²) in [5, 5.41) is 3.53. The van der Waals surface area contributed by atoms with Crippen LogP contribution in [0, 0.1) is 0 Å². The van der Waals surface area contributed by atoms with Crippen LogP contribution >= 0.6 is 0 Å². The molecule has 90 valence electrons. The molecule has 0 spiro atoms. The number of rotatable bonds is 7. The highest BCUT2D eigenvalue weighted by Gasteiger charge is 2.10. The summed E-state index contributed by atoms with van der Waals surface area (Å²) in [6.07, 6.45) is 7.60. The number of hydrogen-bond donors (Lipinski definition) is 1. The van der Waals surface area contributed by atoms with Gasteiger partial charge in [-0.2, -0.15) is 0 Å². The van der Waals surface area contributed by atoms with Crippen molar-refractivity contribution in [3.05, 3.63) is 24.3 Å². The summed E-state index contributed by atoms with van der Waals surface area (Å²) in [4.78, 5) is 10.4. The third kappa shape index (κ3) is 4.68. The van der Waals surface area contributed by atoms with E-state index in [9.17, 15) is 0 Å². The lowest BCUT2D eigenvalue weighted by atomic mass is 10.1. The van der Waals surface area contributed by atoms with Crippen molar-refractivity contribution in [3.8, 4) is 0 Å². The van der Waals surface area contributed by atoms with Crippen LogP contribution in [-0.2, 0) is 0 Å². The molecule has 1 N–H and O–H groups in total. The first-order chi connectivity index (χ1) is 7.74. The van der Waals surface area contributed by atoms with E-state index < -0.39 is 0 Å². The lowest BCUT2D eigenvalue weighted by Crippen LogP contribution is -2.26. The molecule has 4 heteroatoms. The molecular weight excluding hydrogens is 200 g/mol. The van der Waals surface area contributed by atoms with E-state index >= 15 is 0 Å². The molecule has 0 saturated carbocycles. The highest BCUT2D eigenvalue weighted by atomic mass is 15.1. The van der Waals surface area contributed by atoms with Crippen LogP contribution in [-0.4, -0.2) is 42.1 Å². The Labute approximate surface area is 98.1 Å². The highest BCUT2D eigenvalue weighted by Crippen LogP contribution is 2.14. The predicted molar refractivity (Wildman–Crippen MR) is 66.2 cm³/mol. The van der Waals surface area contributed by atoms with Crippen molar-refractivity contribution in [2.24, 2.45) is 0 Å². The second-order valence-corrected chi connectivity index (χ2v) is 4.27. The fourth-order valence-electron chi connectivity index (χ4n) is 1.58. The Hall–Kier alpha value is -1.00. The monoisotopic (exact) mass is 222 g/mol. The minimum Gasteiger partial charge on any atom is -0.310 e. The first-order valence-electron chi connectivity index (χ1n) is 5.87. The van der Waals surface area contributed by atoms with Crippen LogP contribution in [0.15, 0.2) is 18.7 Å². The SMILES string of the molecule is CCCNC(CCN(C)C)c1cncnc1. The first kappa shape index (κ1) is 13.1. The van der Waals surface area contributed by atoms with Gasteiger partial charge in [0.05, 0.1) is 0 Å². The molecule has 1 unspecified atom stereocenters. The number of nitrogens with one attached hydrogen (secondary N) is 1. The van der Waals surface area contributed by atoms with Gasteiger partial charge in [0, 0.05) is 24.0 Å². The van der Waals surface area contributed by atoms with Gasteiger partial charge in [-0.1, -0.05) is 6.92 Å². The molecule has 0 fully saturated rings. The summed E-state index contributed by atoms with van der Waals surface area (Å²) in [7, 11) is 4.19. The Bertz CT molecular complexity index is 274. The van der Waals surface area contributed by atoms with Gasteiger partial charge >= 0.3 is 0 Å². The maximum Gasteiger partial charge on any atom is 0.115 e. The second kappa shape index (κ2) is 7.30. The van der Waals surface area contributed by atoms with Gasteiger partial charge < -0.3 is 10.2 Å². The molecule has 0 aliphatic heterocycles. The molecule has 1 aromatic heterocycles. The Morgan fingerprint density at radius 1 is 1.31 bits per heavy atom. The van der Waals surface area contributed by atoms with E-state index in [1.165, 1.54) is 5.56 Å². The molecule has 0 amide bonds. The third-order valence-electron chi connectivity index (χ3n) is 2.49. The molecule has 0 aliphatic carbocycles. The Morgan fingerprint density at radius 2 is 2.00 bits per heavy atom. The van der Waals surface area contributed by atoms with Crippen LogP contribution in [0.4, 0.5) is 0 Å². The van der Waals surface area contributed by atoms with E-state index in [4.69, 9.17) is 0 Å². The van der Waals surface area contributed by atoms with Crippen LogP contribution in [0.1, 0.15) is 31.4 Å². The molecule has 0 radical (unpaired) electrons. The topological polar surface area (TPSA) is 41.0 Å². The number of hydrogen-bond acceptors (Lipinski definition) is 4. The quantitative estimate of drug-likeness (QED) is 0.758. The second-order valence-electron chi connectivity index (χ2n) is 4.27. The molecule has 1 heterocycles. The summed E-state index contributed by atoms with van der Waals surface area (Å²) in [5.74, 6) is 0. The van der Waals surface area contributed by atoms with E-state index in [0.717, 1.165) is 25.9 Å². The lowest BCUT2D eigenvalue weighted by molar-refractivity contribution is 0.360. The highest BCUT2D eigenvalue weighted by molar-refractivity contribution is 5.09. The molecule has 4 nitrogen and oxygen atoms in total. The van der Waals surface area contributed by atoms with Gasteiger partial charge in [-0.25, -0.2) is 9.97 Å². The van der Waals surface area contributed by atoms with Crippen molar-refractivity contribution in [2.75, 3.05) is 27.2 Å². The fraction of sp³-hybridized carbons (Fsp3) is 0.667. The van der Waals surface area contributed by atoms with Crippen LogP contribution in [0.3, 0.4) is 0 Å². The molecule has 0 aromatic carbocycles. The van der Waals surface area contributed by atoms with Crippen molar-refractivity contribution in [3.63, 3.8) is 0 Å². The maximum atomic E-state index is 4.08. The summed E-state index contributed by atoms with van der Waals surface area (Å²) < 4.78 is 0. The summed E-state index contributed by atoms with van der Waals surface area (Å²) in [5.41, 5.74) is 1.18. The first-order valence-corrected chi connectivity index (χ1v) is 5.87. The van der Waals surface area contributed by atoms with Gasteiger partial charge in [-0.15, -0.1) is 0 Å². The molecule has 1 rings (SSSR count). The molecular formula is C12H22N4. The predicted octanol–water partition coefficient (Wildman–Crippen LogP) is 1.47. The molecule has 0 aliphatic rings. The summed E-state index contributed by atoms with van der Waals surface area (Å²) in [6, 6.07) is 0.364. The van der Waals surface area contributed by atoms with E-state index in [-0.39, 0.29) is 0 Å². The molecule has 0 bridgehead atoms. The van der Waals surface area contributed by atoms with Crippen molar-refractivity contribution < 1.29 is 0 Å². The van der Waals surface area contributed by atoms with Gasteiger partial charge in [-0.05, 0) is 40.0 Å². The Balaban J connectivity index is 2.56. The minimum atomic E-state index is 0.364. The minimum absolute atomic E-state index is 0.364. The average Bonchev–Trinajstić information content (AvgIpc) is 2.30. The van der Waals surface area contributed by atoms with Crippen molar-refractivity contribution in [1.82, 2.24) is 20.2 Å². The smallest absolute Gasteiger partial charge is 0.115 e. The zero-order chi connectivity index (χ0) is 11.8. The fourth-order valence-corrected chi connectivity index (χ4v) is 1.58. The van der Waals surface area contributed by atoms with Crippen molar-refractivity contribution >= 4 is 0 Å². The number of nitrogens with zero attached hydrogens (tertiary/aromatic N) is 3. The van der Waals surface area contributed by atoms with Crippen molar-refractivity contribution in [1.29, 1.82) is 0 Å². The van der Waals surface area contributed by atoms with Gasteiger partial charge in [0.2, 0.25) is 0 Å². The van der Waals surface area contributed by atoms with Crippen molar-refractivity contribution in [2.45, 2.75) is 25.8 Å². The van der Waals surface area contributed by atoms with Crippen LogP contribution in [0.5, 0.6) is 0 Å². The Morgan fingerprint density at radius 3 is 2.56 bits per heavy atom. The normalized spacial score (nSPS) is 13.0. The lowest BCUT2D eigenvalue weighted by Gasteiger charge is -2.20. The molecule has 0 saturated heterocycles. The number of aromatic nitrogens is 2.